The summed E-state index contributed by atoms with van der Waals surface area (Å²) in [4.78, 5) is 4.90. The molecule has 112 valence electrons. The maximum absolute atomic E-state index is 4.90. The lowest BCUT2D eigenvalue weighted by molar-refractivity contribution is 0.214. The van der Waals surface area contributed by atoms with Crippen molar-refractivity contribution in [3.05, 3.63) is 71.3 Å². The van der Waals surface area contributed by atoms with Crippen LogP contribution < -0.4 is 0 Å². The van der Waals surface area contributed by atoms with Crippen LogP contribution in [0.5, 0.6) is 0 Å². The van der Waals surface area contributed by atoms with Crippen LogP contribution in [0.25, 0.3) is 0 Å². The largest absolute Gasteiger partial charge is 0.398 e. The highest BCUT2D eigenvalue weighted by molar-refractivity contribution is 6.12. The fourth-order valence-electron chi connectivity index (χ4n) is 2.02. The molecular formula is C20H21NO. The lowest BCUT2D eigenvalue weighted by Crippen LogP contribution is -2.10. The fraction of sp³-hybridized carbons (Fsp3) is 0.250. The lowest BCUT2D eigenvalue weighted by Gasteiger charge is -2.18. The SMILES string of the molecule is CON=C(C#Cc1ccc(C(C)(C)C)cc1)c1ccccc1. The zero-order valence-electron chi connectivity index (χ0n) is 13.6. The molecule has 0 bridgehead atoms. The van der Waals surface area contributed by atoms with Crippen molar-refractivity contribution in [2.24, 2.45) is 5.16 Å². The summed E-state index contributed by atoms with van der Waals surface area (Å²) < 4.78 is 0. The molecule has 0 saturated carbocycles. The molecule has 0 heterocycles. The van der Waals surface area contributed by atoms with E-state index < -0.39 is 0 Å². The van der Waals surface area contributed by atoms with E-state index in [2.05, 4.69) is 49.9 Å². The second kappa shape index (κ2) is 6.95. The normalized spacial score (nSPS) is 11.5. The molecule has 2 nitrogen and oxygen atoms in total. The first-order valence-corrected chi connectivity index (χ1v) is 7.30. The van der Waals surface area contributed by atoms with Crippen molar-refractivity contribution in [1.29, 1.82) is 0 Å². The third kappa shape index (κ3) is 4.23. The summed E-state index contributed by atoms with van der Waals surface area (Å²) in [6.07, 6.45) is 0. The quantitative estimate of drug-likeness (QED) is 0.457. The van der Waals surface area contributed by atoms with Crippen molar-refractivity contribution in [3.8, 4) is 11.8 Å². The van der Waals surface area contributed by atoms with Crippen molar-refractivity contribution >= 4 is 5.71 Å². The van der Waals surface area contributed by atoms with Gasteiger partial charge in [0.1, 0.15) is 7.11 Å². The molecule has 0 aromatic heterocycles. The number of hydrogen-bond acceptors (Lipinski definition) is 2. The summed E-state index contributed by atoms with van der Waals surface area (Å²) in [5, 5.41) is 4.01. The van der Waals surface area contributed by atoms with Crippen LogP contribution >= 0.6 is 0 Å². The second-order valence-electron chi connectivity index (χ2n) is 6.07. The Kier molecular flexibility index (Phi) is 5.01. The fourth-order valence-corrected chi connectivity index (χ4v) is 2.02. The summed E-state index contributed by atoms with van der Waals surface area (Å²) in [7, 11) is 1.53. The van der Waals surface area contributed by atoms with Crippen LogP contribution in [0, 0.1) is 11.8 Å². The van der Waals surface area contributed by atoms with E-state index in [0.29, 0.717) is 5.71 Å². The van der Waals surface area contributed by atoms with Crippen LogP contribution in [0.4, 0.5) is 0 Å². The Hall–Kier alpha value is -2.53. The molecule has 0 unspecified atom stereocenters. The van der Waals surface area contributed by atoms with Gasteiger partial charge in [0.05, 0.1) is 0 Å². The topological polar surface area (TPSA) is 21.6 Å². The molecule has 0 fully saturated rings. The van der Waals surface area contributed by atoms with Gasteiger partial charge in [0, 0.05) is 11.1 Å². The average molecular weight is 291 g/mol. The maximum Gasteiger partial charge on any atom is 0.160 e. The molecule has 0 aliphatic carbocycles. The smallest absolute Gasteiger partial charge is 0.160 e. The number of benzene rings is 2. The van der Waals surface area contributed by atoms with Crippen LogP contribution in [0.2, 0.25) is 0 Å². The van der Waals surface area contributed by atoms with Gasteiger partial charge in [0.25, 0.3) is 0 Å². The minimum absolute atomic E-state index is 0.151. The third-order valence-electron chi connectivity index (χ3n) is 3.31. The summed E-state index contributed by atoms with van der Waals surface area (Å²) in [6, 6.07) is 18.2. The van der Waals surface area contributed by atoms with Gasteiger partial charge in [-0.15, -0.1) is 0 Å². The van der Waals surface area contributed by atoms with Gasteiger partial charge in [-0.3, -0.25) is 0 Å². The molecule has 0 atom stereocenters. The van der Waals surface area contributed by atoms with Crippen LogP contribution in [0.15, 0.2) is 59.8 Å². The van der Waals surface area contributed by atoms with Crippen LogP contribution in [0.3, 0.4) is 0 Å². The molecule has 2 rings (SSSR count). The summed E-state index contributed by atoms with van der Waals surface area (Å²) in [5.41, 5.74) is 3.99. The number of rotatable bonds is 2. The van der Waals surface area contributed by atoms with E-state index in [9.17, 15) is 0 Å². The highest BCUT2D eigenvalue weighted by Crippen LogP contribution is 2.21. The molecule has 0 spiro atoms. The average Bonchev–Trinajstić information content (AvgIpc) is 2.52. The number of oxime groups is 1. The van der Waals surface area contributed by atoms with E-state index in [-0.39, 0.29) is 5.41 Å². The Morgan fingerprint density at radius 2 is 1.59 bits per heavy atom. The van der Waals surface area contributed by atoms with E-state index in [1.165, 1.54) is 12.7 Å². The third-order valence-corrected chi connectivity index (χ3v) is 3.31. The van der Waals surface area contributed by atoms with Crippen LogP contribution in [0.1, 0.15) is 37.5 Å². The van der Waals surface area contributed by atoms with Crippen molar-refractivity contribution < 1.29 is 4.84 Å². The van der Waals surface area contributed by atoms with Crippen LogP contribution in [-0.4, -0.2) is 12.8 Å². The predicted octanol–water partition coefficient (Wildman–Crippen LogP) is 4.39. The highest BCUT2D eigenvalue weighted by Gasteiger charge is 2.12. The first kappa shape index (κ1) is 15.9. The second-order valence-corrected chi connectivity index (χ2v) is 6.07. The van der Waals surface area contributed by atoms with E-state index >= 15 is 0 Å². The van der Waals surface area contributed by atoms with E-state index in [1.807, 2.05) is 42.5 Å². The molecule has 0 radical (unpaired) electrons. The van der Waals surface area contributed by atoms with Gasteiger partial charge in [-0.05, 0) is 29.0 Å². The number of nitrogens with zero attached hydrogens (tertiary/aromatic N) is 1. The first-order chi connectivity index (χ1) is 10.5. The minimum Gasteiger partial charge on any atom is -0.398 e. The molecule has 0 amide bonds. The minimum atomic E-state index is 0.151. The summed E-state index contributed by atoms with van der Waals surface area (Å²) in [6.45, 7) is 6.60. The maximum atomic E-state index is 4.90. The van der Waals surface area contributed by atoms with Gasteiger partial charge in [0.15, 0.2) is 5.71 Å². The van der Waals surface area contributed by atoms with Crippen LogP contribution in [-0.2, 0) is 10.3 Å². The Morgan fingerprint density at radius 1 is 0.955 bits per heavy atom. The summed E-state index contributed by atoms with van der Waals surface area (Å²) in [5.74, 6) is 6.23. The molecule has 2 heteroatoms. The van der Waals surface area contributed by atoms with Crippen molar-refractivity contribution in [2.75, 3.05) is 7.11 Å². The zero-order valence-corrected chi connectivity index (χ0v) is 13.6. The Balaban J connectivity index is 2.26. The van der Waals surface area contributed by atoms with Crippen molar-refractivity contribution in [3.63, 3.8) is 0 Å². The van der Waals surface area contributed by atoms with Gasteiger partial charge < -0.3 is 4.84 Å². The van der Waals surface area contributed by atoms with Crippen molar-refractivity contribution in [1.82, 2.24) is 0 Å². The van der Waals surface area contributed by atoms with Gasteiger partial charge in [-0.25, -0.2) is 0 Å². The summed E-state index contributed by atoms with van der Waals surface area (Å²) >= 11 is 0. The molecule has 0 saturated heterocycles. The molecular weight excluding hydrogens is 270 g/mol. The molecule has 2 aromatic carbocycles. The Labute approximate surface area is 132 Å². The first-order valence-electron chi connectivity index (χ1n) is 7.30. The zero-order chi connectivity index (χ0) is 16.0. The molecule has 0 aliphatic heterocycles. The van der Waals surface area contributed by atoms with E-state index in [4.69, 9.17) is 4.84 Å². The lowest BCUT2D eigenvalue weighted by atomic mass is 9.87. The van der Waals surface area contributed by atoms with Gasteiger partial charge >= 0.3 is 0 Å². The standard InChI is InChI=1S/C20H21NO/c1-20(2,3)18-13-10-16(11-14-18)12-15-19(21-22-4)17-8-6-5-7-9-17/h5-11,13-14H,1-4H3. The Morgan fingerprint density at radius 3 is 2.14 bits per heavy atom. The molecule has 22 heavy (non-hydrogen) atoms. The predicted molar refractivity (Wildman–Crippen MR) is 92.0 cm³/mol. The van der Waals surface area contributed by atoms with Gasteiger partial charge in [0.2, 0.25) is 0 Å². The van der Waals surface area contributed by atoms with Gasteiger partial charge in [-0.1, -0.05) is 74.3 Å². The molecule has 2 aromatic rings. The van der Waals surface area contributed by atoms with E-state index in [0.717, 1.165) is 11.1 Å². The monoisotopic (exact) mass is 291 g/mol. The Bertz CT molecular complexity index is 695. The highest BCUT2D eigenvalue weighted by atomic mass is 16.6. The van der Waals surface area contributed by atoms with E-state index in [1.54, 1.807) is 0 Å². The molecule has 0 N–H and O–H groups in total. The number of hydrogen-bond donors (Lipinski definition) is 0. The van der Waals surface area contributed by atoms with Gasteiger partial charge in [-0.2, -0.15) is 0 Å². The van der Waals surface area contributed by atoms with Crippen molar-refractivity contribution in [2.45, 2.75) is 26.2 Å². The molecule has 0 aliphatic rings.